The number of carbonyl (C=O) groups is 1. The van der Waals surface area contributed by atoms with Gasteiger partial charge in [-0.3, -0.25) is 9.78 Å². The number of pyridine rings is 1. The van der Waals surface area contributed by atoms with Crippen LogP contribution in [-0.4, -0.2) is 34.0 Å². The highest BCUT2D eigenvalue weighted by molar-refractivity contribution is 5.92. The van der Waals surface area contributed by atoms with Crippen molar-refractivity contribution in [2.45, 2.75) is 27.3 Å². The van der Waals surface area contributed by atoms with Crippen LogP contribution in [0.15, 0.2) is 42.7 Å². The fraction of sp³-hybridized carbons (Fsp3) is 0.300. The third-order valence-corrected chi connectivity index (χ3v) is 4.07. The third kappa shape index (κ3) is 4.77. The number of aliphatic hydroxyl groups excluding tert-OH is 1. The van der Waals surface area contributed by atoms with Gasteiger partial charge in [0.2, 0.25) is 5.91 Å². The van der Waals surface area contributed by atoms with Crippen molar-refractivity contribution in [3.8, 4) is 0 Å². The number of hydrogen-bond donors (Lipinski definition) is 1. The molecule has 0 saturated heterocycles. The molecule has 1 heterocycles. The number of aromatic nitrogens is 1. The number of nitrogens with zero attached hydrogens (tertiary/aromatic N) is 2. The molecule has 2 rings (SSSR count). The van der Waals surface area contributed by atoms with Gasteiger partial charge in [0.05, 0.1) is 6.61 Å². The molecule has 1 aromatic carbocycles. The SMILES string of the molecule is Cc1cc(C)c(/C=C/C(=O)N(CCO)Cc2cccnc2)cc1C. The molecule has 0 fully saturated rings. The maximum absolute atomic E-state index is 12.5. The predicted molar refractivity (Wildman–Crippen MR) is 96.4 cm³/mol. The highest BCUT2D eigenvalue weighted by atomic mass is 16.3. The van der Waals surface area contributed by atoms with Gasteiger partial charge >= 0.3 is 0 Å². The summed E-state index contributed by atoms with van der Waals surface area (Å²) in [4.78, 5) is 18.2. The van der Waals surface area contributed by atoms with Crippen LogP contribution in [0, 0.1) is 20.8 Å². The lowest BCUT2D eigenvalue weighted by molar-refractivity contribution is -0.127. The molecule has 24 heavy (non-hydrogen) atoms. The quantitative estimate of drug-likeness (QED) is 0.831. The van der Waals surface area contributed by atoms with Gasteiger partial charge in [-0.1, -0.05) is 18.2 Å². The van der Waals surface area contributed by atoms with Gasteiger partial charge in [0.25, 0.3) is 0 Å². The van der Waals surface area contributed by atoms with Crippen molar-refractivity contribution >= 4 is 12.0 Å². The van der Waals surface area contributed by atoms with E-state index in [4.69, 9.17) is 0 Å². The summed E-state index contributed by atoms with van der Waals surface area (Å²) in [5, 5.41) is 9.23. The Bertz CT molecular complexity index is 724. The average Bonchev–Trinajstić information content (AvgIpc) is 2.57. The molecule has 1 N–H and O–H groups in total. The van der Waals surface area contributed by atoms with Crippen LogP contribution in [0.25, 0.3) is 6.08 Å². The number of aliphatic hydroxyl groups is 1. The molecule has 0 unspecified atom stereocenters. The zero-order chi connectivity index (χ0) is 17.5. The first-order valence-electron chi connectivity index (χ1n) is 8.06. The molecular weight excluding hydrogens is 300 g/mol. The van der Waals surface area contributed by atoms with E-state index < -0.39 is 0 Å². The molecule has 126 valence electrons. The first-order chi connectivity index (χ1) is 11.5. The molecule has 0 radical (unpaired) electrons. The Kier molecular flexibility index (Phi) is 6.27. The minimum absolute atomic E-state index is 0.0670. The number of benzene rings is 1. The Hall–Kier alpha value is -2.46. The molecule has 0 aliphatic heterocycles. The standard InChI is InChI=1S/C20H24N2O2/c1-15-11-17(3)19(12-16(15)2)6-7-20(24)22(9-10-23)14-18-5-4-8-21-13-18/h4-8,11-13,23H,9-10,14H2,1-3H3/b7-6+. The summed E-state index contributed by atoms with van der Waals surface area (Å²) in [5.74, 6) is -0.120. The highest BCUT2D eigenvalue weighted by Crippen LogP contribution is 2.17. The van der Waals surface area contributed by atoms with Crippen molar-refractivity contribution in [3.05, 3.63) is 70.6 Å². The van der Waals surface area contributed by atoms with E-state index in [0.29, 0.717) is 13.1 Å². The second-order valence-electron chi connectivity index (χ2n) is 5.97. The van der Waals surface area contributed by atoms with E-state index >= 15 is 0 Å². The van der Waals surface area contributed by atoms with Crippen molar-refractivity contribution in [1.82, 2.24) is 9.88 Å². The smallest absolute Gasteiger partial charge is 0.246 e. The molecular formula is C20H24N2O2. The zero-order valence-corrected chi connectivity index (χ0v) is 14.5. The van der Waals surface area contributed by atoms with Crippen LogP contribution in [0.4, 0.5) is 0 Å². The molecule has 0 bridgehead atoms. The maximum atomic E-state index is 12.5. The van der Waals surface area contributed by atoms with Gasteiger partial charge in [0.1, 0.15) is 0 Å². The largest absolute Gasteiger partial charge is 0.395 e. The summed E-state index contributed by atoms with van der Waals surface area (Å²) < 4.78 is 0. The minimum Gasteiger partial charge on any atom is -0.395 e. The van der Waals surface area contributed by atoms with Crippen molar-refractivity contribution in [3.63, 3.8) is 0 Å². The fourth-order valence-corrected chi connectivity index (χ4v) is 2.53. The molecule has 0 saturated carbocycles. The van der Waals surface area contributed by atoms with Crippen LogP contribution < -0.4 is 0 Å². The van der Waals surface area contributed by atoms with E-state index in [1.807, 2.05) is 25.1 Å². The van der Waals surface area contributed by atoms with Gasteiger partial charge in [-0.15, -0.1) is 0 Å². The number of hydrogen-bond acceptors (Lipinski definition) is 3. The first-order valence-corrected chi connectivity index (χ1v) is 8.06. The van der Waals surface area contributed by atoms with Crippen LogP contribution in [0.3, 0.4) is 0 Å². The number of rotatable bonds is 6. The second kappa shape index (κ2) is 8.41. The second-order valence-corrected chi connectivity index (χ2v) is 5.97. The Morgan fingerprint density at radius 3 is 2.62 bits per heavy atom. The van der Waals surface area contributed by atoms with Gasteiger partial charge in [-0.2, -0.15) is 0 Å². The van der Waals surface area contributed by atoms with E-state index in [9.17, 15) is 9.90 Å². The zero-order valence-electron chi connectivity index (χ0n) is 14.5. The number of amides is 1. The van der Waals surface area contributed by atoms with Gasteiger partial charge in [-0.25, -0.2) is 0 Å². The van der Waals surface area contributed by atoms with Crippen LogP contribution in [-0.2, 0) is 11.3 Å². The van der Waals surface area contributed by atoms with Crippen LogP contribution in [0.1, 0.15) is 27.8 Å². The minimum atomic E-state index is -0.120. The van der Waals surface area contributed by atoms with E-state index in [0.717, 1.165) is 16.7 Å². The van der Waals surface area contributed by atoms with E-state index in [1.54, 1.807) is 23.4 Å². The summed E-state index contributed by atoms with van der Waals surface area (Å²) in [6.45, 7) is 6.85. The van der Waals surface area contributed by atoms with Crippen molar-refractivity contribution in [2.75, 3.05) is 13.2 Å². The molecule has 2 aromatic rings. The lowest BCUT2D eigenvalue weighted by Crippen LogP contribution is -2.31. The molecule has 1 amide bonds. The fourth-order valence-electron chi connectivity index (χ4n) is 2.53. The lowest BCUT2D eigenvalue weighted by Gasteiger charge is -2.20. The van der Waals surface area contributed by atoms with Crippen LogP contribution in [0.5, 0.6) is 0 Å². The topological polar surface area (TPSA) is 53.4 Å². The molecule has 4 heteroatoms. The lowest BCUT2D eigenvalue weighted by atomic mass is 10.0. The van der Waals surface area contributed by atoms with E-state index in [2.05, 4.69) is 31.0 Å². The maximum Gasteiger partial charge on any atom is 0.246 e. The normalized spacial score (nSPS) is 11.0. The van der Waals surface area contributed by atoms with Gasteiger partial charge < -0.3 is 10.0 Å². The summed E-state index contributed by atoms with van der Waals surface area (Å²) >= 11 is 0. The number of aryl methyl sites for hydroxylation is 3. The summed E-state index contributed by atoms with van der Waals surface area (Å²) in [6, 6.07) is 7.97. The Morgan fingerprint density at radius 1 is 1.21 bits per heavy atom. The monoisotopic (exact) mass is 324 g/mol. The van der Waals surface area contributed by atoms with Gasteiger partial charge in [-0.05, 0) is 60.7 Å². The van der Waals surface area contributed by atoms with Crippen LogP contribution in [0.2, 0.25) is 0 Å². The van der Waals surface area contributed by atoms with Crippen LogP contribution >= 0.6 is 0 Å². The van der Waals surface area contributed by atoms with E-state index in [-0.39, 0.29) is 12.5 Å². The van der Waals surface area contributed by atoms with Gasteiger partial charge in [0.15, 0.2) is 0 Å². The van der Waals surface area contributed by atoms with Crippen molar-refractivity contribution in [1.29, 1.82) is 0 Å². The summed E-state index contributed by atoms with van der Waals surface area (Å²) in [5.41, 5.74) is 5.57. The summed E-state index contributed by atoms with van der Waals surface area (Å²) in [6.07, 6.45) is 6.85. The Balaban J connectivity index is 2.14. The molecule has 4 nitrogen and oxygen atoms in total. The predicted octanol–water partition coefficient (Wildman–Crippen LogP) is 3.04. The van der Waals surface area contributed by atoms with Crippen molar-refractivity contribution < 1.29 is 9.90 Å². The Labute approximate surface area is 143 Å². The molecule has 1 aromatic heterocycles. The highest BCUT2D eigenvalue weighted by Gasteiger charge is 2.11. The molecule has 0 spiro atoms. The number of carbonyl (C=O) groups excluding carboxylic acids is 1. The first kappa shape index (κ1) is 17.9. The van der Waals surface area contributed by atoms with E-state index in [1.165, 1.54) is 11.1 Å². The molecule has 0 atom stereocenters. The van der Waals surface area contributed by atoms with Crippen molar-refractivity contribution in [2.24, 2.45) is 0 Å². The molecule has 0 aliphatic carbocycles. The van der Waals surface area contributed by atoms with Gasteiger partial charge in [0, 0.05) is 31.6 Å². The molecule has 0 aliphatic rings. The Morgan fingerprint density at radius 2 is 1.96 bits per heavy atom. The summed E-state index contributed by atoms with van der Waals surface area (Å²) in [7, 11) is 0. The third-order valence-electron chi connectivity index (χ3n) is 4.07. The average molecular weight is 324 g/mol.